The summed E-state index contributed by atoms with van der Waals surface area (Å²) in [6.07, 6.45) is -1.37. The van der Waals surface area contributed by atoms with E-state index in [1.165, 1.54) is 0 Å². The third kappa shape index (κ3) is 3.57. The predicted octanol–water partition coefficient (Wildman–Crippen LogP) is 0.259. The van der Waals surface area contributed by atoms with Crippen LogP contribution in [0.5, 0.6) is 5.75 Å². The highest BCUT2D eigenvalue weighted by molar-refractivity contribution is 5.74. The molecule has 13 heavy (non-hydrogen) atoms. The van der Waals surface area contributed by atoms with Gasteiger partial charge in [-0.2, -0.15) is 0 Å². The van der Waals surface area contributed by atoms with Gasteiger partial charge in [-0.15, -0.1) is 0 Å². The Balaban J connectivity index is 2.45. The topological polar surface area (TPSA) is 72.6 Å². The minimum atomic E-state index is -1.17. The van der Waals surface area contributed by atoms with Crippen molar-refractivity contribution in [3.63, 3.8) is 0 Å². The van der Waals surface area contributed by atoms with Crippen molar-refractivity contribution in [2.24, 2.45) is 5.73 Å². The first-order valence-corrected chi connectivity index (χ1v) is 3.86. The van der Waals surface area contributed by atoms with Crippen LogP contribution >= 0.6 is 0 Å². The number of aliphatic hydroxyl groups excluding tert-OH is 1. The molecule has 0 fully saturated rings. The van der Waals surface area contributed by atoms with Gasteiger partial charge >= 0.3 is 0 Å². The van der Waals surface area contributed by atoms with E-state index in [0.717, 1.165) is 0 Å². The number of para-hydroxylation sites is 1. The van der Waals surface area contributed by atoms with Crippen LogP contribution in [-0.4, -0.2) is 17.3 Å². The fourth-order valence-corrected chi connectivity index (χ4v) is 0.870. The molecular weight excluding hydrogens is 170 g/mol. The molecular formula is C9H11NO3. The van der Waals surface area contributed by atoms with Gasteiger partial charge in [-0.3, -0.25) is 4.79 Å². The minimum absolute atomic E-state index is 0.200. The fraction of sp³-hybridized carbons (Fsp3) is 0.222. The van der Waals surface area contributed by atoms with Crippen molar-refractivity contribution < 1.29 is 14.6 Å². The van der Waals surface area contributed by atoms with E-state index in [0.29, 0.717) is 5.75 Å². The van der Waals surface area contributed by atoms with Gasteiger partial charge < -0.3 is 15.6 Å². The summed E-state index contributed by atoms with van der Waals surface area (Å²) in [5, 5.41) is 9.15. The van der Waals surface area contributed by atoms with Gasteiger partial charge in [-0.25, -0.2) is 0 Å². The van der Waals surface area contributed by atoms with Gasteiger partial charge in [0.2, 0.25) is 12.2 Å². The summed E-state index contributed by atoms with van der Waals surface area (Å²) in [7, 11) is 0. The molecule has 0 heterocycles. The average Bonchev–Trinajstić information content (AvgIpc) is 2.04. The molecule has 0 radical (unpaired) electrons. The molecule has 1 rings (SSSR count). The number of amides is 1. The molecule has 70 valence electrons. The second-order valence-corrected chi connectivity index (χ2v) is 2.56. The lowest BCUT2D eigenvalue weighted by molar-refractivity contribution is -0.124. The zero-order valence-corrected chi connectivity index (χ0v) is 7.01. The van der Waals surface area contributed by atoms with Crippen LogP contribution in [-0.2, 0) is 4.79 Å². The lowest BCUT2D eigenvalue weighted by atomic mass is 10.3. The zero-order chi connectivity index (χ0) is 9.68. The summed E-state index contributed by atoms with van der Waals surface area (Å²) in [6, 6.07) is 8.74. The Morgan fingerprint density at radius 3 is 2.62 bits per heavy atom. The quantitative estimate of drug-likeness (QED) is 0.654. The molecule has 4 heteroatoms. The summed E-state index contributed by atoms with van der Waals surface area (Å²) < 4.78 is 4.98. The van der Waals surface area contributed by atoms with E-state index >= 15 is 0 Å². The number of aliphatic hydroxyl groups is 1. The third-order valence-corrected chi connectivity index (χ3v) is 1.39. The van der Waals surface area contributed by atoms with Gasteiger partial charge in [0.15, 0.2) is 0 Å². The highest BCUT2D eigenvalue weighted by atomic mass is 16.6. The maximum atomic E-state index is 10.4. The first-order valence-electron chi connectivity index (χ1n) is 3.86. The van der Waals surface area contributed by atoms with Crippen molar-refractivity contribution in [2.75, 3.05) is 0 Å². The average molecular weight is 181 g/mol. The number of carbonyl (C=O) groups is 1. The van der Waals surface area contributed by atoms with Crippen LogP contribution in [0.1, 0.15) is 6.42 Å². The van der Waals surface area contributed by atoms with E-state index in [2.05, 4.69) is 0 Å². The second kappa shape index (κ2) is 4.47. The second-order valence-electron chi connectivity index (χ2n) is 2.56. The van der Waals surface area contributed by atoms with Gasteiger partial charge in [0, 0.05) is 0 Å². The van der Waals surface area contributed by atoms with Crippen LogP contribution in [0.3, 0.4) is 0 Å². The van der Waals surface area contributed by atoms with E-state index in [1.54, 1.807) is 24.3 Å². The molecule has 0 aromatic heterocycles. The Morgan fingerprint density at radius 1 is 1.46 bits per heavy atom. The monoisotopic (exact) mass is 181 g/mol. The molecule has 0 aliphatic heterocycles. The lowest BCUT2D eigenvalue weighted by Gasteiger charge is -2.10. The van der Waals surface area contributed by atoms with Gasteiger partial charge in [0.25, 0.3) is 0 Å². The number of rotatable bonds is 4. The Bertz CT molecular complexity index is 273. The van der Waals surface area contributed by atoms with Gasteiger partial charge in [-0.05, 0) is 12.1 Å². The zero-order valence-electron chi connectivity index (χ0n) is 7.01. The fourth-order valence-electron chi connectivity index (χ4n) is 0.870. The van der Waals surface area contributed by atoms with Crippen LogP contribution in [0.2, 0.25) is 0 Å². The van der Waals surface area contributed by atoms with E-state index in [4.69, 9.17) is 15.6 Å². The molecule has 0 aliphatic rings. The summed E-state index contributed by atoms with van der Waals surface area (Å²) in [6.45, 7) is 0. The van der Waals surface area contributed by atoms with Crippen molar-refractivity contribution in [3.8, 4) is 5.75 Å². The van der Waals surface area contributed by atoms with E-state index in [9.17, 15) is 4.79 Å². The molecule has 1 aromatic carbocycles. The number of ether oxygens (including phenoxy) is 1. The first kappa shape index (κ1) is 9.54. The molecule has 1 amide bonds. The molecule has 3 N–H and O–H groups in total. The van der Waals surface area contributed by atoms with Crippen molar-refractivity contribution >= 4 is 5.91 Å². The van der Waals surface area contributed by atoms with Crippen molar-refractivity contribution in [2.45, 2.75) is 12.7 Å². The SMILES string of the molecule is NC(=O)CC(O)Oc1ccccc1. The molecule has 1 atom stereocenters. The highest BCUT2D eigenvalue weighted by Crippen LogP contribution is 2.10. The Hall–Kier alpha value is -1.55. The summed E-state index contributed by atoms with van der Waals surface area (Å²) in [5.74, 6) is -0.0836. The number of nitrogens with two attached hydrogens (primary N) is 1. The lowest BCUT2D eigenvalue weighted by Crippen LogP contribution is -2.24. The summed E-state index contributed by atoms with van der Waals surface area (Å²) >= 11 is 0. The number of hydrogen-bond donors (Lipinski definition) is 2. The third-order valence-electron chi connectivity index (χ3n) is 1.39. The Labute approximate surface area is 75.9 Å². The van der Waals surface area contributed by atoms with E-state index in [-0.39, 0.29) is 6.42 Å². The molecule has 0 saturated carbocycles. The molecule has 0 spiro atoms. The summed E-state index contributed by atoms with van der Waals surface area (Å²) in [4.78, 5) is 10.4. The number of primary amides is 1. The molecule has 1 unspecified atom stereocenters. The van der Waals surface area contributed by atoms with Crippen LogP contribution in [0, 0.1) is 0 Å². The van der Waals surface area contributed by atoms with E-state index in [1.807, 2.05) is 6.07 Å². The number of hydrogen-bond acceptors (Lipinski definition) is 3. The van der Waals surface area contributed by atoms with Gasteiger partial charge in [0.1, 0.15) is 5.75 Å². The van der Waals surface area contributed by atoms with Crippen LogP contribution < -0.4 is 10.5 Å². The molecule has 0 aliphatic carbocycles. The molecule has 1 aromatic rings. The highest BCUT2D eigenvalue weighted by Gasteiger charge is 2.08. The molecule has 0 saturated heterocycles. The van der Waals surface area contributed by atoms with Gasteiger partial charge in [0.05, 0.1) is 6.42 Å². The first-order chi connectivity index (χ1) is 6.18. The van der Waals surface area contributed by atoms with Crippen molar-refractivity contribution in [1.82, 2.24) is 0 Å². The van der Waals surface area contributed by atoms with Crippen molar-refractivity contribution in [3.05, 3.63) is 30.3 Å². The molecule has 0 bridgehead atoms. The van der Waals surface area contributed by atoms with Crippen molar-refractivity contribution in [1.29, 1.82) is 0 Å². The van der Waals surface area contributed by atoms with E-state index < -0.39 is 12.2 Å². The van der Waals surface area contributed by atoms with Crippen LogP contribution in [0.15, 0.2) is 30.3 Å². The molecule has 4 nitrogen and oxygen atoms in total. The Kier molecular flexibility index (Phi) is 3.28. The maximum absolute atomic E-state index is 10.4. The largest absolute Gasteiger partial charge is 0.465 e. The maximum Gasteiger partial charge on any atom is 0.223 e. The van der Waals surface area contributed by atoms with Crippen LogP contribution in [0.4, 0.5) is 0 Å². The number of benzene rings is 1. The minimum Gasteiger partial charge on any atom is -0.465 e. The normalized spacial score (nSPS) is 12.1. The van der Waals surface area contributed by atoms with Crippen LogP contribution in [0.25, 0.3) is 0 Å². The Morgan fingerprint density at radius 2 is 2.08 bits per heavy atom. The summed E-state index contributed by atoms with van der Waals surface area (Å²) in [5.41, 5.74) is 4.87. The predicted molar refractivity (Wildman–Crippen MR) is 46.9 cm³/mol. The smallest absolute Gasteiger partial charge is 0.223 e. The standard InChI is InChI=1S/C9H11NO3/c10-8(11)6-9(12)13-7-4-2-1-3-5-7/h1-5,9,12H,6H2,(H2,10,11). The number of carbonyl (C=O) groups excluding carboxylic acids is 1. The van der Waals surface area contributed by atoms with Gasteiger partial charge in [-0.1, -0.05) is 18.2 Å².